The standard InChI is InChI=1S/C14H28N2O2/c1-13(17)8-11-15(2)12-14(18)16-9-6-4-3-5-7-10-16/h13,17H,3-12H2,1-2H3. The van der Waals surface area contributed by atoms with Crippen molar-refractivity contribution in [1.82, 2.24) is 9.80 Å². The highest BCUT2D eigenvalue weighted by molar-refractivity contribution is 5.78. The molecule has 1 fully saturated rings. The highest BCUT2D eigenvalue weighted by atomic mass is 16.3. The summed E-state index contributed by atoms with van der Waals surface area (Å²) in [7, 11) is 1.95. The van der Waals surface area contributed by atoms with Gasteiger partial charge in [0.15, 0.2) is 0 Å². The molecule has 1 rings (SSSR count). The number of amides is 1. The lowest BCUT2D eigenvalue weighted by atomic mass is 10.1. The lowest BCUT2D eigenvalue weighted by Crippen LogP contribution is -2.41. The summed E-state index contributed by atoms with van der Waals surface area (Å²) in [5, 5.41) is 9.23. The lowest BCUT2D eigenvalue weighted by Gasteiger charge is -2.27. The van der Waals surface area contributed by atoms with Crippen LogP contribution in [0.1, 0.15) is 45.4 Å². The summed E-state index contributed by atoms with van der Waals surface area (Å²) in [4.78, 5) is 16.2. The highest BCUT2D eigenvalue weighted by Gasteiger charge is 2.16. The van der Waals surface area contributed by atoms with E-state index in [1.54, 1.807) is 6.92 Å². The maximum absolute atomic E-state index is 12.1. The molecule has 0 aromatic carbocycles. The third-order valence-corrected chi connectivity index (χ3v) is 3.54. The average molecular weight is 256 g/mol. The number of likely N-dealkylation sites (N-methyl/N-ethyl adjacent to an activating group) is 1. The Kier molecular flexibility index (Phi) is 7.28. The van der Waals surface area contributed by atoms with Crippen molar-refractivity contribution in [3.05, 3.63) is 0 Å². The Morgan fingerprint density at radius 3 is 2.33 bits per heavy atom. The number of carbonyl (C=O) groups excluding carboxylic acids is 1. The molecular weight excluding hydrogens is 228 g/mol. The van der Waals surface area contributed by atoms with Crippen molar-refractivity contribution in [2.45, 2.75) is 51.6 Å². The lowest BCUT2D eigenvalue weighted by molar-refractivity contribution is -0.132. The molecule has 0 aliphatic carbocycles. The third-order valence-electron chi connectivity index (χ3n) is 3.54. The van der Waals surface area contributed by atoms with Crippen LogP contribution in [0.2, 0.25) is 0 Å². The number of carbonyl (C=O) groups is 1. The van der Waals surface area contributed by atoms with Gasteiger partial charge in [-0.3, -0.25) is 9.69 Å². The van der Waals surface area contributed by atoms with Gasteiger partial charge in [-0.05, 0) is 33.2 Å². The molecule has 0 bridgehead atoms. The van der Waals surface area contributed by atoms with Gasteiger partial charge in [0, 0.05) is 19.6 Å². The molecule has 106 valence electrons. The van der Waals surface area contributed by atoms with Crippen molar-refractivity contribution >= 4 is 5.91 Å². The maximum Gasteiger partial charge on any atom is 0.236 e. The summed E-state index contributed by atoms with van der Waals surface area (Å²) in [6.45, 7) is 4.88. The molecule has 1 amide bonds. The largest absolute Gasteiger partial charge is 0.393 e. The number of nitrogens with zero attached hydrogens (tertiary/aromatic N) is 2. The van der Waals surface area contributed by atoms with Crippen LogP contribution in [-0.2, 0) is 4.79 Å². The smallest absolute Gasteiger partial charge is 0.236 e. The van der Waals surface area contributed by atoms with E-state index in [-0.39, 0.29) is 12.0 Å². The predicted octanol–water partition coefficient (Wildman–Crippen LogP) is 1.48. The highest BCUT2D eigenvalue weighted by Crippen LogP contribution is 2.10. The van der Waals surface area contributed by atoms with Gasteiger partial charge in [0.2, 0.25) is 5.91 Å². The van der Waals surface area contributed by atoms with Gasteiger partial charge < -0.3 is 10.0 Å². The van der Waals surface area contributed by atoms with E-state index in [1.165, 1.54) is 19.3 Å². The zero-order valence-electron chi connectivity index (χ0n) is 11.9. The normalized spacial score (nSPS) is 19.4. The first-order valence-electron chi connectivity index (χ1n) is 7.24. The molecule has 0 aromatic heterocycles. The zero-order valence-corrected chi connectivity index (χ0v) is 11.9. The molecule has 4 heteroatoms. The molecule has 0 radical (unpaired) electrons. The summed E-state index contributed by atoms with van der Waals surface area (Å²) < 4.78 is 0. The topological polar surface area (TPSA) is 43.8 Å². The van der Waals surface area contributed by atoms with Crippen molar-refractivity contribution in [2.24, 2.45) is 0 Å². The van der Waals surface area contributed by atoms with Crippen LogP contribution in [0.3, 0.4) is 0 Å². The summed E-state index contributed by atoms with van der Waals surface area (Å²) in [5.41, 5.74) is 0. The first-order chi connectivity index (χ1) is 8.59. The summed E-state index contributed by atoms with van der Waals surface area (Å²) in [6, 6.07) is 0. The van der Waals surface area contributed by atoms with Gasteiger partial charge in [-0.2, -0.15) is 0 Å². The van der Waals surface area contributed by atoms with Crippen LogP contribution in [0.5, 0.6) is 0 Å². The van der Waals surface area contributed by atoms with Crippen LogP contribution in [-0.4, -0.2) is 60.1 Å². The molecule has 0 aromatic rings. The summed E-state index contributed by atoms with van der Waals surface area (Å²) in [6.07, 6.45) is 6.54. The molecule has 1 heterocycles. The summed E-state index contributed by atoms with van der Waals surface area (Å²) >= 11 is 0. The fraction of sp³-hybridized carbons (Fsp3) is 0.929. The van der Waals surface area contributed by atoms with Gasteiger partial charge in [-0.25, -0.2) is 0 Å². The number of hydrogen-bond acceptors (Lipinski definition) is 3. The van der Waals surface area contributed by atoms with E-state index in [4.69, 9.17) is 0 Å². The second-order valence-corrected chi connectivity index (χ2v) is 5.52. The average Bonchev–Trinajstić information content (AvgIpc) is 2.25. The van der Waals surface area contributed by atoms with Gasteiger partial charge in [0.05, 0.1) is 12.6 Å². The Balaban J connectivity index is 2.28. The van der Waals surface area contributed by atoms with Gasteiger partial charge in [0.25, 0.3) is 0 Å². The van der Waals surface area contributed by atoms with E-state index < -0.39 is 0 Å². The van der Waals surface area contributed by atoms with Crippen molar-refractivity contribution in [2.75, 3.05) is 33.2 Å². The molecule has 1 saturated heterocycles. The number of aliphatic hydroxyl groups is 1. The Hall–Kier alpha value is -0.610. The van der Waals surface area contributed by atoms with Crippen LogP contribution in [0.25, 0.3) is 0 Å². The minimum absolute atomic E-state index is 0.241. The quantitative estimate of drug-likeness (QED) is 0.810. The second-order valence-electron chi connectivity index (χ2n) is 5.52. The first kappa shape index (κ1) is 15.4. The second kappa shape index (κ2) is 8.48. The van der Waals surface area contributed by atoms with E-state index in [2.05, 4.69) is 0 Å². The Labute approximate surface area is 111 Å². The van der Waals surface area contributed by atoms with E-state index in [9.17, 15) is 9.90 Å². The molecule has 1 aliphatic heterocycles. The minimum Gasteiger partial charge on any atom is -0.393 e. The molecule has 0 saturated carbocycles. The fourth-order valence-corrected chi connectivity index (χ4v) is 2.31. The van der Waals surface area contributed by atoms with Crippen molar-refractivity contribution in [3.8, 4) is 0 Å². The van der Waals surface area contributed by atoms with E-state index in [0.29, 0.717) is 6.54 Å². The van der Waals surface area contributed by atoms with Crippen LogP contribution < -0.4 is 0 Å². The monoisotopic (exact) mass is 256 g/mol. The summed E-state index contributed by atoms with van der Waals surface area (Å²) in [5.74, 6) is 0.241. The van der Waals surface area contributed by atoms with E-state index in [0.717, 1.165) is 38.9 Å². The Morgan fingerprint density at radius 1 is 1.22 bits per heavy atom. The Bertz CT molecular complexity index is 236. The van der Waals surface area contributed by atoms with Gasteiger partial charge in [-0.15, -0.1) is 0 Å². The molecule has 0 spiro atoms. The number of rotatable bonds is 5. The number of likely N-dealkylation sites (tertiary alicyclic amines) is 1. The van der Waals surface area contributed by atoms with Crippen molar-refractivity contribution in [3.63, 3.8) is 0 Å². The molecule has 1 atom stereocenters. The van der Waals surface area contributed by atoms with Gasteiger partial charge in [-0.1, -0.05) is 19.3 Å². The molecule has 1 aliphatic rings. The predicted molar refractivity (Wildman–Crippen MR) is 73.5 cm³/mol. The fourth-order valence-electron chi connectivity index (χ4n) is 2.31. The number of aliphatic hydroxyl groups excluding tert-OH is 1. The molecule has 18 heavy (non-hydrogen) atoms. The molecule has 1 N–H and O–H groups in total. The molecule has 4 nitrogen and oxygen atoms in total. The minimum atomic E-state index is -0.288. The van der Waals surface area contributed by atoms with Gasteiger partial charge >= 0.3 is 0 Å². The Morgan fingerprint density at radius 2 is 1.78 bits per heavy atom. The van der Waals surface area contributed by atoms with Crippen LogP contribution >= 0.6 is 0 Å². The van der Waals surface area contributed by atoms with E-state index >= 15 is 0 Å². The van der Waals surface area contributed by atoms with Crippen LogP contribution in [0, 0.1) is 0 Å². The van der Waals surface area contributed by atoms with Crippen LogP contribution in [0.4, 0.5) is 0 Å². The van der Waals surface area contributed by atoms with Crippen molar-refractivity contribution in [1.29, 1.82) is 0 Å². The maximum atomic E-state index is 12.1. The zero-order chi connectivity index (χ0) is 13.4. The third kappa shape index (κ3) is 6.36. The van der Waals surface area contributed by atoms with E-state index in [1.807, 2.05) is 16.8 Å². The molecule has 1 unspecified atom stereocenters. The van der Waals surface area contributed by atoms with Gasteiger partial charge in [0.1, 0.15) is 0 Å². The SMILES string of the molecule is CC(O)CCN(C)CC(=O)N1CCCCCCC1. The number of hydrogen-bond donors (Lipinski definition) is 1. The molecular formula is C14H28N2O2. The first-order valence-corrected chi connectivity index (χ1v) is 7.24. The van der Waals surface area contributed by atoms with Crippen molar-refractivity contribution < 1.29 is 9.90 Å². The van der Waals surface area contributed by atoms with Crippen LogP contribution in [0.15, 0.2) is 0 Å².